The summed E-state index contributed by atoms with van der Waals surface area (Å²) in [4.78, 5) is 37.4. The highest BCUT2D eigenvalue weighted by Gasteiger charge is 2.31. The van der Waals surface area contributed by atoms with E-state index in [1.165, 1.54) is 6.07 Å². The molecule has 0 unspecified atom stereocenters. The van der Waals surface area contributed by atoms with Gasteiger partial charge in [-0.05, 0) is 17.7 Å². The molecule has 6 heteroatoms. The van der Waals surface area contributed by atoms with E-state index in [0.717, 1.165) is 4.90 Å². The molecular formula is C18H15FN2O3. The van der Waals surface area contributed by atoms with Crippen molar-refractivity contribution in [3.05, 3.63) is 71.0 Å². The van der Waals surface area contributed by atoms with Crippen molar-refractivity contribution in [1.82, 2.24) is 10.2 Å². The van der Waals surface area contributed by atoms with Crippen molar-refractivity contribution < 1.29 is 18.8 Å². The fourth-order valence-corrected chi connectivity index (χ4v) is 2.60. The van der Waals surface area contributed by atoms with Gasteiger partial charge in [-0.25, -0.2) is 4.39 Å². The van der Waals surface area contributed by atoms with Crippen LogP contribution in [-0.4, -0.2) is 29.2 Å². The zero-order valence-corrected chi connectivity index (χ0v) is 12.8. The van der Waals surface area contributed by atoms with Crippen LogP contribution in [0.4, 0.5) is 4.39 Å². The van der Waals surface area contributed by atoms with Gasteiger partial charge in [0.05, 0.1) is 6.42 Å². The fraction of sp³-hybridized carbons (Fsp3) is 0.167. The summed E-state index contributed by atoms with van der Waals surface area (Å²) >= 11 is 0. The molecule has 2 aromatic carbocycles. The van der Waals surface area contributed by atoms with Gasteiger partial charge in [0.1, 0.15) is 12.4 Å². The first kappa shape index (κ1) is 15.9. The number of halogens is 1. The third-order valence-corrected chi connectivity index (χ3v) is 3.87. The zero-order chi connectivity index (χ0) is 17.1. The smallest absolute Gasteiger partial charge is 0.261 e. The third-order valence-electron chi connectivity index (χ3n) is 3.87. The fourth-order valence-electron chi connectivity index (χ4n) is 2.60. The van der Waals surface area contributed by atoms with Crippen LogP contribution in [0, 0.1) is 5.82 Å². The number of hydrogen-bond donors (Lipinski definition) is 1. The minimum absolute atomic E-state index is 0.00167. The van der Waals surface area contributed by atoms with Gasteiger partial charge in [0.2, 0.25) is 11.8 Å². The number of nitrogens with one attached hydrogen (secondary N) is 1. The second kappa shape index (κ2) is 6.62. The Labute approximate surface area is 138 Å². The van der Waals surface area contributed by atoms with Gasteiger partial charge in [0.25, 0.3) is 5.91 Å². The van der Waals surface area contributed by atoms with Gasteiger partial charge in [-0.2, -0.15) is 0 Å². The van der Waals surface area contributed by atoms with Crippen LogP contribution >= 0.6 is 0 Å². The molecule has 0 aromatic heterocycles. The number of fused-ring (bicyclic) bond motifs is 1. The summed E-state index contributed by atoms with van der Waals surface area (Å²) in [5, 5.41) is 2.53. The molecule has 0 saturated carbocycles. The van der Waals surface area contributed by atoms with Crippen LogP contribution in [0.25, 0.3) is 0 Å². The monoisotopic (exact) mass is 326 g/mol. The van der Waals surface area contributed by atoms with E-state index in [9.17, 15) is 18.8 Å². The van der Waals surface area contributed by atoms with Crippen molar-refractivity contribution in [2.45, 2.75) is 13.0 Å². The van der Waals surface area contributed by atoms with Gasteiger partial charge in [0, 0.05) is 17.7 Å². The summed E-state index contributed by atoms with van der Waals surface area (Å²) in [7, 11) is 0. The lowest BCUT2D eigenvalue weighted by atomic mass is 9.98. The van der Waals surface area contributed by atoms with Crippen LogP contribution < -0.4 is 5.32 Å². The molecule has 1 aliphatic heterocycles. The molecule has 0 saturated heterocycles. The van der Waals surface area contributed by atoms with E-state index in [-0.39, 0.29) is 19.5 Å². The molecule has 3 rings (SSSR count). The predicted molar refractivity (Wildman–Crippen MR) is 84.4 cm³/mol. The van der Waals surface area contributed by atoms with Gasteiger partial charge >= 0.3 is 0 Å². The van der Waals surface area contributed by atoms with Crippen LogP contribution in [0.5, 0.6) is 0 Å². The standard InChI is InChI=1S/C18H15FN2O3/c19-15-8-4-2-6-13(15)10-20-16(22)11-21-17(23)9-12-5-1-3-7-14(12)18(21)24/h1-8H,9-11H2,(H,20,22). The Morgan fingerprint density at radius 1 is 1.08 bits per heavy atom. The van der Waals surface area contributed by atoms with Gasteiger partial charge in [-0.1, -0.05) is 36.4 Å². The average molecular weight is 326 g/mol. The van der Waals surface area contributed by atoms with Crippen LogP contribution in [0.2, 0.25) is 0 Å². The molecule has 0 aliphatic carbocycles. The Morgan fingerprint density at radius 3 is 2.58 bits per heavy atom. The average Bonchev–Trinajstić information content (AvgIpc) is 2.58. The lowest BCUT2D eigenvalue weighted by molar-refractivity contribution is -0.133. The summed E-state index contributed by atoms with van der Waals surface area (Å²) in [6.07, 6.45) is 0.0858. The van der Waals surface area contributed by atoms with E-state index >= 15 is 0 Å². The zero-order valence-electron chi connectivity index (χ0n) is 12.8. The minimum Gasteiger partial charge on any atom is -0.350 e. The van der Waals surface area contributed by atoms with Gasteiger partial charge < -0.3 is 5.32 Å². The molecule has 0 radical (unpaired) electrons. The molecule has 0 atom stereocenters. The van der Waals surface area contributed by atoms with Crippen molar-refractivity contribution in [1.29, 1.82) is 0 Å². The van der Waals surface area contributed by atoms with Gasteiger partial charge in [0.15, 0.2) is 0 Å². The Hall–Kier alpha value is -3.02. The van der Waals surface area contributed by atoms with Crippen LogP contribution in [-0.2, 0) is 22.6 Å². The Morgan fingerprint density at radius 2 is 1.79 bits per heavy atom. The number of carbonyl (C=O) groups excluding carboxylic acids is 3. The summed E-state index contributed by atoms with van der Waals surface area (Å²) in [5.74, 6) is -1.83. The Bertz CT molecular complexity index is 819. The first-order valence-electron chi connectivity index (χ1n) is 7.49. The molecule has 0 fully saturated rings. The number of nitrogens with zero attached hydrogens (tertiary/aromatic N) is 1. The highest BCUT2D eigenvalue weighted by atomic mass is 19.1. The Balaban J connectivity index is 1.65. The second-order valence-corrected chi connectivity index (χ2v) is 5.49. The maximum absolute atomic E-state index is 13.5. The van der Waals surface area contributed by atoms with Crippen molar-refractivity contribution in [3.63, 3.8) is 0 Å². The maximum Gasteiger partial charge on any atom is 0.261 e. The number of carbonyl (C=O) groups is 3. The van der Waals surface area contributed by atoms with E-state index in [2.05, 4.69) is 5.32 Å². The number of rotatable bonds is 4. The summed E-state index contributed by atoms with van der Waals surface area (Å²) < 4.78 is 13.5. The topological polar surface area (TPSA) is 66.5 Å². The number of hydrogen-bond acceptors (Lipinski definition) is 3. The molecular weight excluding hydrogens is 311 g/mol. The maximum atomic E-state index is 13.5. The predicted octanol–water partition coefficient (Wildman–Crippen LogP) is 1.67. The molecule has 1 heterocycles. The molecule has 1 N–H and O–H groups in total. The largest absolute Gasteiger partial charge is 0.350 e. The number of benzene rings is 2. The molecule has 0 bridgehead atoms. The van der Waals surface area contributed by atoms with Crippen molar-refractivity contribution in [3.8, 4) is 0 Å². The van der Waals surface area contributed by atoms with Gasteiger partial charge in [-0.15, -0.1) is 0 Å². The highest BCUT2D eigenvalue weighted by molar-refractivity contribution is 6.11. The van der Waals surface area contributed by atoms with Crippen LogP contribution in [0.1, 0.15) is 21.5 Å². The minimum atomic E-state index is -0.515. The van der Waals surface area contributed by atoms with E-state index in [4.69, 9.17) is 0 Å². The van der Waals surface area contributed by atoms with Crippen LogP contribution in [0.3, 0.4) is 0 Å². The molecule has 0 spiro atoms. The lowest BCUT2D eigenvalue weighted by Crippen LogP contribution is -2.47. The number of amides is 3. The van der Waals surface area contributed by atoms with E-state index in [0.29, 0.717) is 16.7 Å². The summed E-state index contributed by atoms with van der Waals surface area (Å²) in [6.45, 7) is -0.376. The first-order valence-corrected chi connectivity index (χ1v) is 7.49. The Kier molecular flexibility index (Phi) is 4.37. The van der Waals surface area contributed by atoms with Crippen molar-refractivity contribution in [2.24, 2.45) is 0 Å². The summed E-state index contributed by atoms with van der Waals surface area (Å²) in [6, 6.07) is 12.9. The molecule has 3 amide bonds. The normalized spacial score (nSPS) is 13.6. The van der Waals surface area contributed by atoms with Gasteiger partial charge in [-0.3, -0.25) is 19.3 Å². The van der Waals surface area contributed by atoms with Crippen molar-refractivity contribution >= 4 is 17.7 Å². The summed E-state index contributed by atoms with van der Waals surface area (Å²) in [5.41, 5.74) is 1.43. The molecule has 122 valence electrons. The highest BCUT2D eigenvalue weighted by Crippen LogP contribution is 2.19. The lowest BCUT2D eigenvalue weighted by Gasteiger charge is -2.26. The van der Waals surface area contributed by atoms with Crippen LogP contribution in [0.15, 0.2) is 48.5 Å². The van der Waals surface area contributed by atoms with E-state index < -0.39 is 23.5 Å². The molecule has 1 aliphatic rings. The molecule has 2 aromatic rings. The quantitative estimate of drug-likeness (QED) is 0.869. The molecule has 5 nitrogen and oxygen atoms in total. The van der Waals surface area contributed by atoms with Crippen molar-refractivity contribution in [2.75, 3.05) is 6.54 Å². The van der Waals surface area contributed by atoms with E-state index in [1.54, 1.807) is 42.5 Å². The number of imide groups is 1. The SMILES string of the molecule is O=C(CN1C(=O)Cc2ccccc2C1=O)NCc1ccccc1F. The first-order chi connectivity index (χ1) is 11.6. The van der Waals surface area contributed by atoms with E-state index in [1.807, 2.05) is 0 Å². The third kappa shape index (κ3) is 3.17. The second-order valence-electron chi connectivity index (χ2n) is 5.49. The molecule has 24 heavy (non-hydrogen) atoms.